The van der Waals surface area contributed by atoms with E-state index in [1.165, 1.54) is 5.56 Å². The molecular formula is C23H28O5S. The van der Waals surface area contributed by atoms with Crippen LogP contribution in [0.5, 0.6) is 0 Å². The lowest BCUT2D eigenvalue weighted by atomic mass is 10.1. The molecule has 2 aromatic rings. The van der Waals surface area contributed by atoms with Crippen LogP contribution in [0.25, 0.3) is 0 Å². The molecular weight excluding hydrogens is 388 g/mol. The number of thioether (sulfide) groups is 1. The second-order valence-electron chi connectivity index (χ2n) is 8.02. The van der Waals surface area contributed by atoms with Crippen LogP contribution in [0, 0.1) is 6.92 Å². The largest absolute Gasteiger partial charge is 0.389 e. The molecule has 5 atom stereocenters. The van der Waals surface area contributed by atoms with Crippen LogP contribution in [-0.4, -0.2) is 47.4 Å². The van der Waals surface area contributed by atoms with Gasteiger partial charge in [-0.25, -0.2) is 0 Å². The van der Waals surface area contributed by atoms with Gasteiger partial charge in [0.1, 0.15) is 18.3 Å². The van der Waals surface area contributed by atoms with Crippen molar-refractivity contribution in [1.82, 2.24) is 0 Å². The number of rotatable bonds is 7. The first-order valence-corrected chi connectivity index (χ1v) is 10.9. The van der Waals surface area contributed by atoms with E-state index < -0.39 is 30.4 Å². The molecule has 2 aliphatic heterocycles. The summed E-state index contributed by atoms with van der Waals surface area (Å²) in [6.07, 6.45) is -2.52. The van der Waals surface area contributed by atoms with E-state index in [0.717, 1.165) is 10.5 Å². The molecule has 29 heavy (non-hydrogen) atoms. The standard InChI is InChI=1S/C23H28O5S/c1-15-9-11-17(12-10-15)29-14-18(24)19-20(25-13-16-7-5-4-6-8-16)21-22(26-19)28-23(2,3)27-21/h4-12,18-22,24H,13-14H2,1-3H3/t18-,19+,20-,21+,22+/m0/s1. The average molecular weight is 417 g/mol. The highest BCUT2D eigenvalue weighted by molar-refractivity contribution is 7.99. The van der Waals surface area contributed by atoms with Crippen molar-refractivity contribution >= 4 is 11.8 Å². The highest BCUT2D eigenvalue weighted by Gasteiger charge is 2.57. The van der Waals surface area contributed by atoms with Crippen LogP contribution in [0.1, 0.15) is 25.0 Å². The zero-order chi connectivity index (χ0) is 20.4. The number of hydrogen-bond donors (Lipinski definition) is 1. The van der Waals surface area contributed by atoms with E-state index in [4.69, 9.17) is 18.9 Å². The molecule has 0 bridgehead atoms. The van der Waals surface area contributed by atoms with Crippen molar-refractivity contribution in [2.45, 2.75) is 68.8 Å². The van der Waals surface area contributed by atoms with Crippen molar-refractivity contribution in [3.05, 3.63) is 65.7 Å². The summed E-state index contributed by atoms with van der Waals surface area (Å²) in [5, 5.41) is 10.9. The molecule has 1 N–H and O–H groups in total. The van der Waals surface area contributed by atoms with E-state index in [2.05, 4.69) is 31.2 Å². The zero-order valence-corrected chi connectivity index (χ0v) is 17.8. The summed E-state index contributed by atoms with van der Waals surface area (Å²) in [6, 6.07) is 18.2. The molecule has 2 fully saturated rings. The Bertz CT molecular complexity index is 795. The lowest BCUT2D eigenvalue weighted by molar-refractivity contribution is -0.228. The minimum Gasteiger partial charge on any atom is -0.389 e. The predicted octanol–water partition coefficient (Wildman–Crippen LogP) is 3.91. The lowest BCUT2D eigenvalue weighted by Gasteiger charge is -2.28. The molecule has 2 heterocycles. The molecule has 4 rings (SSSR count). The first kappa shape index (κ1) is 20.8. The molecule has 0 saturated carbocycles. The Morgan fingerprint density at radius 1 is 1.07 bits per heavy atom. The Kier molecular flexibility index (Phi) is 6.30. The van der Waals surface area contributed by atoms with Gasteiger partial charge in [-0.1, -0.05) is 48.0 Å². The Balaban J connectivity index is 1.42. The second kappa shape index (κ2) is 8.76. The van der Waals surface area contributed by atoms with Crippen LogP contribution in [0.4, 0.5) is 0 Å². The molecule has 0 aliphatic carbocycles. The fraction of sp³-hybridized carbons (Fsp3) is 0.478. The Morgan fingerprint density at radius 2 is 1.79 bits per heavy atom. The molecule has 2 aromatic carbocycles. The first-order chi connectivity index (χ1) is 13.9. The smallest absolute Gasteiger partial charge is 0.190 e. The van der Waals surface area contributed by atoms with Crippen LogP contribution >= 0.6 is 11.8 Å². The maximum Gasteiger partial charge on any atom is 0.190 e. The normalized spacial score (nSPS) is 29.0. The van der Waals surface area contributed by atoms with Crippen molar-refractivity contribution < 1.29 is 24.1 Å². The van der Waals surface area contributed by atoms with E-state index in [-0.39, 0.29) is 6.10 Å². The predicted molar refractivity (Wildman–Crippen MR) is 112 cm³/mol. The molecule has 0 radical (unpaired) electrons. The van der Waals surface area contributed by atoms with Crippen LogP contribution < -0.4 is 0 Å². The van der Waals surface area contributed by atoms with Gasteiger partial charge in [0.2, 0.25) is 0 Å². The first-order valence-electron chi connectivity index (χ1n) is 9.95. The average Bonchev–Trinajstić information content (AvgIpc) is 3.18. The summed E-state index contributed by atoms with van der Waals surface area (Å²) in [5.41, 5.74) is 2.28. The third kappa shape index (κ3) is 5.02. The van der Waals surface area contributed by atoms with Gasteiger partial charge in [-0.3, -0.25) is 0 Å². The quantitative estimate of drug-likeness (QED) is 0.691. The molecule has 0 unspecified atom stereocenters. The van der Waals surface area contributed by atoms with Gasteiger partial charge in [0.25, 0.3) is 0 Å². The van der Waals surface area contributed by atoms with Crippen LogP contribution in [0.2, 0.25) is 0 Å². The minimum absolute atomic E-state index is 0.363. The van der Waals surface area contributed by atoms with Gasteiger partial charge in [-0.15, -0.1) is 11.8 Å². The van der Waals surface area contributed by atoms with Gasteiger partial charge in [0.05, 0.1) is 12.7 Å². The molecule has 0 spiro atoms. The summed E-state index contributed by atoms with van der Waals surface area (Å²) >= 11 is 1.60. The fourth-order valence-electron chi connectivity index (χ4n) is 3.68. The monoisotopic (exact) mass is 416 g/mol. The number of hydrogen-bond acceptors (Lipinski definition) is 6. The third-order valence-corrected chi connectivity index (χ3v) is 6.25. The number of fused-ring (bicyclic) bond motifs is 1. The maximum atomic E-state index is 10.9. The molecule has 6 heteroatoms. The van der Waals surface area contributed by atoms with E-state index >= 15 is 0 Å². The Labute approximate surface area is 176 Å². The fourth-order valence-corrected chi connectivity index (χ4v) is 4.56. The van der Waals surface area contributed by atoms with Crippen molar-refractivity contribution in [3.63, 3.8) is 0 Å². The molecule has 156 valence electrons. The van der Waals surface area contributed by atoms with Crippen LogP contribution in [-0.2, 0) is 25.6 Å². The van der Waals surface area contributed by atoms with E-state index in [1.54, 1.807) is 11.8 Å². The lowest BCUT2D eigenvalue weighted by Crippen LogP contribution is -2.43. The van der Waals surface area contributed by atoms with Gasteiger partial charge in [-0.05, 0) is 38.5 Å². The molecule has 0 amide bonds. The van der Waals surface area contributed by atoms with Crippen LogP contribution in [0.3, 0.4) is 0 Å². The maximum absolute atomic E-state index is 10.9. The van der Waals surface area contributed by atoms with Gasteiger partial charge in [0.15, 0.2) is 12.1 Å². The Hall–Kier alpha value is -1.41. The van der Waals surface area contributed by atoms with Gasteiger partial charge in [0, 0.05) is 10.6 Å². The van der Waals surface area contributed by atoms with Crippen molar-refractivity contribution in [1.29, 1.82) is 0 Å². The SMILES string of the molecule is Cc1ccc(SC[C@H](O)[C@H]2O[C@@H]3OC(C)(C)O[C@@H]3[C@H]2OCc2ccccc2)cc1. The summed E-state index contributed by atoms with van der Waals surface area (Å²) in [5.74, 6) is -0.224. The minimum atomic E-state index is -0.726. The summed E-state index contributed by atoms with van der Waals surface area (Å²) in [4.78, 5) is 1.11. The third-order valence-electron chi connectivity index (χ3n) is 5.13. The summed E-state index contributed by atoms with van der Waals surface area (Å²) < 4.78 is 24.2. The molecule has 5 nitrogen and oxygen atoms in total. The highest BCUT2D eigenvalue weighted by Crippen LogP contribution is 2.40. The van der Waals surface area contributed by atoms with Crippen molar-refractivity contribution in [3.8, 4) is 0 Å². The summed E-state index contributed by atoms with van der Waals surface area (Å²) in [6.45, 7) is 6.21. The molecule has 0 aromatic heterocycles. The second-order valence-corrected chi connectivity index (χ2v) is 9.12. The number of ether oxygens (including phenoxy) is 4. The van der Waals surface area contributed by atoms with Crippen LogP contribution in [0.15, 0.2) is 59.5 Å². The van der Waals surface area contributed by atoms with Gasteiger partial charge < -0.3 is 24.1 Å². The van der Waals surface area contributed by atoms with E-state index in [1.807, 2.05) is 44.2 Å². The number of aliphatic hydroxyl groups is 1. The highest BCUT2D eigenvalue weighted by atomic mass is 32.2. The Morgan fingerprint density at radius 3 is 2.52 bits per heavy atom. The topological polar surface area (TPSA) is 57.2 Å². The van der Waals surface area contributed by atoms with Gasteiger partial charge in [-0.2, -0.15) is 0 Å². The van der Waals surface area contributed by atoms with E-state index in [0.29, 0.717) is 12.4 Å². The summed E-state index contributed by atoms with van der Waals surface area (Å²) in [7, 11) is 0. The van der Waals surface area contributed by atoms with Crippen molar-refractivity contribution in [2.24, 2.45) is 0 Å². The van der Waals surface area contributed by atoms with Crippen molar-refractivity contribution in [2.75, 3.05) is 5.75 Å². The molecule has 2 aliphatic rings. The number of benzene rings is 2. The van der Waals surface area contributed by atoms with E-state index in [9.17, 15) is 5.11 Å². The zero-order valence-electron chi connectivity index (χ0n) is 17.0. The molecule has 2 saturated heterocycles. The number of aliphatic hydroxyl groups excluding tert-OH is 1. The number of aryl methyl sites for hydroxylation is 1. The van der Waals surface area contributed by atoms with Gasteiger partial charge >= 0.3 is 0 Å².